The fourth-order valence-electron chi connectivity index (χ4n) is 2.64. The van der Waals surface area contributed by atoms with Crippen molar-refractivity contribution < 1.29 is 24.2 Å². The van der Waals surface area contributed by atoms with Gasteiger partial charge in [-0.2, -0.15) is 0 Å². The average molecular weight is 439 g/mol. The van der Waals surface area contributed by atoms with Crippen molar-refractivity contribution in [1.82, 2.24) is 5.32 Å². The van der Waals surface area contributed by atoms with Crippen molar-refractivity contribution in [3.05, 3.63) is 88.9 Å². The monoisotopic (exact) mass is 438 g/mol. The number of nitrogens with one attached hydrogen (secondary N) is 2. The van der Waals surface area contributed by atoms with Crippen LogP contribution in [0.25, 0.3) is 0 Å². The number of carbonyl (C=O) groups is 3. The molecule has 0 aliphatic carbocycles. The van der Waals surface area contributed by atoms with Gasteiger partial charge in [0.1, 0.15) is 17.5 Å². The molecule has 3 rings (SSSR count). The zero-order valence-electron chi connectivity index (χ0n) is 16.5. The van der Waals surface area contributed by atoms with E-state index in [1.54, 1.807) is 24.3 Å². The number of aliphatic carboxylic acids is 1. The summed E-state index contributed by atoms with van der Waals surface area (Å²) in [6.07, 6.45) is 0. The molecule has 0 radical (unpaired) electrons. The number of amides is 2. The fourth-order valence-corrected chi connectivity index (χ4v) is 2.82. The summed E-state index contributed by atoms with van der Waals surface area (Å²) in [6.45, 7) is 1.34. The lowest BCUT2D eigenvalue weighted by Gasteiger charge is -2.14. The van der Waals surface area contributed by atoms with Crippen molar-refractivity contribution in [3.8, 4) is 11.5 Å². The van der Waals surface area contributed by atoms with Crippen LogP contribution < -0.4 is 15.4 Å². The van der Waals surface area contributed by atoms with Gasteiger partial charge in [0.25, 0.3) is 11.8 Å². The van der Waals surface area contributed by atoms with E-state index in [2.05, 4.69) is 10.6 Å². The lowest BCUT2D eigenvalue weighted by atomic mass is 10.1. The maximum Gasteiger partial charge on any atom is 0.325 e. The van der Waals surface area contributed by atoms with E-state index in [1.165, 1.54) is 25.1 Å². The Labute approximate surface area is 183 Å². The van der Waals surface area contributed by atoms with Gasteiger partial charge < -0.3 is 20.5 Å². The Morgan fingerprint density at radius 1 is 0.903 bits per heavy atom. The van der Waals surface area contributed by atoms with E-state index in [1.807, 2.05) is 30.3 Å². The van der Waals surface area contributed by atoms with E-state index in [-0.39, 0.29) is 16.3 Å². The molecule has 0 spiro atoms. The second-order valence-corrected chi connectivity index (χ2v) is 7.05. The van der Waals surface area contributed by atoms with Crippen LogP contribution >= 0.6 is 11.6 Å². The molecule has 0 aliphatic heterocycles. The first-order valence-electron chi connectivity index (χ1n) is 9.31. The number of para-hydroxylation sites is 1. The number of carbonyl (C=O) groups excluding carboxylic acids is 2. The topological polar surface area (TPSA) is 105 Å². The maximum atomic E-state index is 12.7. The Hall–Kier alpha value is -3.84. The number of benzene rings is 3. The quantitative estimate of drug-likeness (QED) is 0.500. The van der Waals surface area contributed by atoms with E-state index < -0.39 is 23.8 Å². The number of anilines is 1. The van der Waals surface area contributed by atoms with Crippen LogP contribution in [0.5, 0.6) is 11.5 Å². The van der Waals surface area contributed by atoms with Gasteiger partial charge in [-0.25, -0.2) is 0 Å². The molecule has 7 nitrogen and oxygen atoms in total. The number of carboxylic acid groups (broad SMARTS) is 1. The summed E-state index contributed by atoms with van der Waals surface area (Å²) in [6, 6.07) is 19.0. The molecule has 1 unspecified atom stereocenters. The first-order chi connectivity index (χ1) is 14.8. The lowest BCUT2D eigenvalue weighted by Crippen LogP contribution is -2.38. The van der Waals surface area contributed by atoms with E-state index in [9.17, 15) is 14.4 Å². The molecular formula is C23H19ClN2O5. The Kier molecular flexibility index (Phi) is 6.89. The average Bonchev–Trinajstić information content (AvgIpc) is 2.76. The van der Waals surface area contributed by atoms with Gasteiger partial charge in [-0.05, 0) is 61.5 Å². The predicted octanol–water partition coefficient (Wildman–Crippen LogP) is 4.59. The second kappa shape index (κ2) is 9.77. The van der Waals surface area contributed by atoms with Gasteiger partial charge in [0, 0.05) is 10.6 Å². The highest BCUT2D eigenvalue weighted by Gasteiger charge is 2.19. The molecule has 158 valence electrons. The van der Waals surface area contributed by atoms with Crippen molar-refractivity contribution in [2.45, 2.75) is 13.0 Å². The molecule has 0 saturated heterocycles. The largest absolute Gasteiger partial charge is 0.480 e. The summed E-state index contributed by atoms with van der Waals surface area (Å²) in [4.78, 5) is 36.1. The summed E-state index contributed by atoms with van der Waals surface area (Å²) in [7, 11) is 0. The zero-order chi connectivity index (χ0) is 22.4. The van der Waals surface area contributed by atoms with Gasteiger partial charge >= 0.3 is 5.97 Å². The molecule has 1 atom stereocenters. The standard InChI is InChI=1S/C23H19ClN2O5/c1-14(23(29)30)25-22(28)19-13-16(24)9-12-20(19)26-21(27)15-7-10-18(11-8-15)31-17-5-3-2-4-6-17/h2-14H,1H3,(H,25,28)(H,26,27)(H,29,30). The van der Waals surface area contributed by atoms with E-state index >= 15 is 0 Å². The van der Waals surface area contributed by atoms with Crippen molar-refractivity contribution >= 4 is 35.1 Å². The summed E-state index contributed by atoms with van der Waals surface area (Å²) < 4.78 is 5.70. The lowest BCUT2D eigenvalue weighted by molar-refractivity contribution is -0.138. The number of hydrogen-bond donors (Lipinski definition) is 3. The van der Waals surface area contributed by atoms with Crippen molar-refractivity contribution in [1.29, 1.82) is 0 Å². The Morgan fingerprint density at radius 2 is 1.55 bits per heavy atom. The van der Waals surface area contributed by atoms with Crippen molar-refractivity contribution in [2.75, 3.05) is 5.32 Å². The minimum atomic E-state index is -1.18. The SMILES string of the molecule is CC(NC(=O)c1cc(Cl)ccc1NC(=O)c1ccc(Oc2ccccc2)cc1)C(=O)O. The summed E-state index contributed by atoms with van der Waals surface area (Å²) in [5, 5.41) is 14.3. The molecule has 3 N–H and O–H groups in total. The van der Waals surface area contributed by atoms with Crippen LogP contribution in [0, 0.1) is 0 Å². The van der Waals surface area contributed by atoms with Gasteiger partial charge in [-0.1, -0.05) is 29.8 Å². The molecule has 0 saturated carbocycles. The highest BCUT2D eigenvalue weighted by molar-refractivity contribution is 6.31. The van der Waals surface area contributed by atoms with E-state index in [0.29, 0.717) is 17.1 Å². The Balaban J connectivity index is 1.74. The van der Waals surface area contributed by atoms with Gasteiger partial charge in [0.05, 0.1) is 11.3 Å². The predicted molar refractivity (Wildman–Crippen MR) is 117 cm³/mol. The van der Waals surface area contributed by atoms with Crippen LogP contribution in [0.1, 0.15) is 27.6 Å². The number of rotatable bonds is 7. The smallest absolute Gasteiger partial charge is 0.325 e. The van der Waals surface area contributed by atoms with E-state index in [0.717, 1.165) is 0 Å². The third-order valence-corrected chi connectivity index (χ3v) is 4.52. The molecule has 0 bridgehead atoms. The van der Waals surface area contributed by atoms with Gasteiger partial charge in [0.2, 0.25) is 0 Å². The van der Waals surface area contributed by atoms with Crippen molar-refractivity contribution in [3.63, 3.8) is 0 Å². The third kappa shape index (κ3) is 5.83. The molecule has 3 aromatic rings. The molecule has 0 heterocycles. The Bertz CT molecular complexity index is 1100. The molecule has 2 amide bonds. The third-order valence-electron chi connectivity index (χ3n) is 4.29. The van der Waals surface area contributed by atoms with Crippen molar-refractivity contribution in [2.24, 2.45) is 0 Å². The van der Waals surface area contributed by atoms with Crippen LogP contribution in [0.15, 0.2) is 72.8 Å². The zero-order valence-corrected chi connectivity index (χ0v) is 17.2. The molecule has 8 heteroatoms. The molecule has 0 aliphatic rings. The molecular weight excluding hydrogens is 420 g/mol. The van der Waals surface area contributed by atoms with Crippen LogP contribution in [-0.2, 0) is 4.79 Å². The van der Waals surface area contributed by atoms with Gasteiger partial charge in [-0.3, -0.25) is 14.4 Å². The van der Waals surface area contributed by atoms with Gasteiger partial charge in [0.15, 0.2) is 0 Å². The summed E-state index contributed by atoms with van der Waals surface area (Å²) >= 11 is 5.97. The minimum Gasteiger partial charge on any atom is -0.480 e. The first kappa shape index (κ1) is 21.9. The number of halogens is 1. The normalized spacial score (nSPS) is 11.3. The maximum absolute atomic E-state index is 12.7. The first-order valence-corrected chi connectivity index (χ1v) is 9.69. The number of ether oxygens (including phenoxy) is 1. The number of hydrogen-bond acceptors (Lipinski definition) is 4. The second-order valence-electron chi connectivity index (χ2n) is 6.62. The highest BCUT2D eigenvalue weighted by Crippen LogP contribution is 2.24. The molecule has 3 aromatic carbocycles. The number of carboxylic acids is 1. The molecule has 0 fully saturated rings. The summed E-state index contributed by atoms with van der Waals surface area (Å²) in [5.74, 6) is -1.06. The fraction of sp³-hybridized carbons (Fsp3) is 0.0870. The molecule has 0 aromatic heterocycles. The van der Waals surface area contributed by atoms with Crippen LogP contribution in [0.3, 0.4) is 0 Å². The minimum absolute atomic E-state index is 0.0537. The van der Waals surface area contributed by atoms with Crippen LogP contribution in [0.2, 0.25) is 5.02 Å². The highest BCUT2D eigenvalue weighted by atomic mass is 35.5. The van der Waals surface area contributed by atoms with Crippen LogP contribution in [-0.4, -0.2) is 28.9 Å². The van der Waals surface area contributed by atoms with E-state index in [4.69, 9.17) is 21.4 Å². The molecule has 31 heavy (non-hydrogen) atoms. The van der Waals surface area contributed by atoms with Gasteiger partial charge in [-0.15, -0.1) is 0 Å². The Morgan fingerprint density at radius 3 is 2.19 bits per heavy atom. The summed E-state index contributed by atoms with van der Waals surface area (Å²) in [5.41, 5.74) is 0.604. The van der Waals surface area contributed by atoms with Crippen LogP contribution in [0.4, 0.5) is 5.69 Å².